The maximum atomic E-state index is 4.67. The fourth-order valence-electron chi connectivity index (χ4n) is 3.62. The molecule has 0 radical (unpaired) electrons. The molecule has 0 atom stereocenters. The van der Waals surface area contributed by atoms with Gasteiger partial charge < -0.3 is 9.80 Å². The van der Waals surface area contributed by atoms with Crippen LogP contribution < -0.4 is 9.80 Å². The van der Waals surface area contributed by atoms with Crippen molar-refractivity contribution in [2.45, 2.75) is 0 Å². The minimum atomic E-state index is 0. The first-order chi connectivity index (χ1) is 13.4. The third kappa shape index (κ3) is 4.15. The number of halogens is 2. The lowest BCUT2D eigenvalue weighted by atomic mass is 10.1. The van der Waals surface area contributed by atoms with Crippen molar-refractivity contribution in [1.82, 2.24) is 15.0 Å². The quantitative estimate of drug-likeness (QED) is 0.447. The first-order valence-electron chi connectivity index (χ1n) is 9.09. The third-order valence-electron chi connectivity index (χ3n) is 4.99. The van der Waals surface area contributed by atoms with E-state index in [9.17, 15) is 0 Å². The van der Waals surface area contributed by atoms with E-state index < -0.39 is 0 Å². The number of hydrogen-bond acceptors (Lipinski definition) is 6. The lowest BCUT2D eigenvalue weighted by molar-refractivity contribution is 0.643. The van der Waals surface area contributed by atoms with E-state index in [-0.39, 0.29) is 24.8 Å². The number of thiophene rings is 1. The van der Waals surface area contributed by atoms with E-state index in [0.717, 1.165) is 42.6 Å². The molecule has 4 heterocycles. The zero-order chi connectivity index (χ0) is 18.1. The van der Waals surface area contributed by atoms with Crippen molar-refractivity contribution in [2.75, 3.05) is 36.0 Å². The van der Waals surface area contributed by atoms with Gasteiger partial charge in [0.25, 0.3) is 0 Å². The first kappa shape index (κ1) is 21.3. The number of fused-ring (bicyclic) bond motifs is 1. The molecule has 0 N–H and O–H groups in total. The van der Waals surface area contributed by atoms with E-state index in [0.29, 0.717) is 0 Å². The Hall–Kier alpha value is -2.41. The molecular formula is C21H21Cl2N5S. The minimum absolute atomic E-state index is 0. The second-order valence-electron chi connectivity index (χ2n) is 6.55. The van der Waals surface area contributed by atoms with Gasteiger partial charge in [0.15, 0.2) is 0 Å². The van der Waals surface area contributed by atoms with Crippen LogP contribution in [0.2, 0.25) is 0 Å². The van der Waals surface area contributed by atoms with Gasteiger partial charge in [-0.05, 0) is 17.7 Å². The molecule has 8 heteroatoms. The summed E-state index contributed by atoms with van der Waals surface area (Å²) >= 11 is 1.69. The van der Waals surface area contributed by atoms with Gasteiger partial charge >= 0.3 is 0 Å². The van der Waals surface area contributed by atoms with E-state index >= 15 is 0 Å². The number of anilines is 2. The molecule has 0 amide bonds. The number of piperazine rings is 1. The summed E-state index contributed by atoms with van der Waals surface area (Å²) in [6.45, 7) is 3.72. The van der Waals surface area contributed by atoms with Crippen LogP contribution >= 0.6 is 36.2 Å². The smallest absolute Gasteiger partial charge is 0.141 e. The van der Waals surface area contributed by atoms with E-state index in [1.54, 1.807) is 17.7 Å². The van der Waals surface area contributed by atoms with Crippen LogP contribution in [0.25, 0.3) is 21.3 Å². The second kappa shape index (κ2) is 9.39. The molecule has 1 fully saturated rings. The molecule has 3 aromatic heterocycles. The first-order valence-corrected chi connectivity index (χ1v) is 9.97. The second-order valence-corrected chi connectivity index (χ2v) is 7.41. The number of rotatable bonds is 3. The van der Waals surface area contributed by atoms with E-state index in [2.05, 4.69) is 60.5 Å². The normalized spacial score (nSPS) is 13.7. The standard InChI is InChI=1S/C21H19N5S.2ClH/c1-2-6-16(7-3-1)17-14-27-21-19(17)20(23-15-24-21)26-12-10-25(11-13-26)18-8-4-5-9-22-18;;/h1-9,14-15H,10-13H2;2*1H. The molecule has 1 aliphatic heterocycles. The summed E-state index contributed by atoms with van der Waals surface area (Å²) in [5, 5.41) is 3.36. The monoisotopic (exact) mass is 445 g/mol. The highest BCUT2D eigenvalue weighted by Crippen LogP contribution is 2.38. The zero-order valence-corrected chi connectivity index (χ0v) is 18.1. The van der Waals surface area contributed by atoms with Crippen LogP contribution in [0.1, 0.15) is 0 Å². The van der Waals surface area contributed by atoms with Gasteiger partial charge in [0.05, 0.1) is 5.39 Å². The largest absolute Gasteiger partial charge is 0.353 e. The Labute approximate surface area is 186 Å². The zero-order valence-electron chi connectivity index (χ0n) is 15.6. The predicted octanol–water partition coefficient (Wildman–Crippen LogP) is 4.92. The lowest BCUT2D eigenvalue weighted by Gasteiger charge is -2.36. The number of nitrogens with zero attached hydrogens (tertiary/aromatic N) is 5. The summed E-state index contributed by atoms with van der Waals surface area (Å²) in [5.74, 6) is 2.09. The molecule has 0 bridgehead atoms. The predicted molar refractivity (Wildman–Crippen MR) is 126 cm³/mol. The highest BCUT2D eigenvalue weighted by atomic mass is 35.5. The van der Waals surface area contributed by atoms with Crippen LogP contribution in [0.4, 0.5) is 11.6 Å². The Morgan fingerprint density at radius 2 is 1.48 bits per heavy atom. The number of pyridine rings is 1. The highest BCUT2D eigenvalue weighted by Gasteiger charge is 2.22. The average Bonchev–Trinajstić information content (AvgIpc) is 3.20. The van der Waals surface area contributed by atoms with Crippen molar-refractivity contribution in [3.05, 3.63) is 66.4 Å². The van der Waals surface area contributed by atoms with Gasteiger partial charge in [0.1, 0.15) is 22.8 Å². The van der Waals surface area contributed by atoms with Crippen LogP contribution in [-0.2, 0) is 0 Å². The molecule has 0 aliphatic carbocycles. The molecule has 5 rings (SSSR count). The van der Waals surface area contributed by atoms with Crippen LogP contribution in [0.15, 0.2) is 66.4 Å². The molecule has 0 spiro atoms. The molecule has 4 aromatic rings. The van der Waals surface area contributed by atoms with E-state index in [4.69, 9.17) is 0 Å². The summed E-state index contributed by atoms with van der Waals surface area (Å²) in [7, 11) is 0. The molecule has 0 unspecified atom stereocenters. The fraction of sp³-hybridized carbons (Fsp3) is 0.190. The Morgan fingerprint density at radius 1 is 0.759 bits per heavy atom. The van der Waals surface area contributed by atoms with Crippen LogP contribution in [0, 0.1) is 0 Å². The summed E-state index contributed by atoms with van der Waals surface area (Å²) in [6, 6.07) is 16.6. The van der Waals surface area contributed by atoms with Crippen molar-refractivity contribution in [3.63, 3.8) is 0 Å². The van der Waals surface area contributed by atoms with Crippen molar-refractivity contribution < 1.29 is 0 Å². The van der Waals surface area contributed by atoms with Gasteiger partial charge in [-0.1, -0.05) is 36.4 Å². The Balaban J connectivity index is 0.00000120. The highest BCUT2D eigenvalue weighted by molar-refractivity contribution is 7.17. The van der Waals surface area contributed by atoms with Crippen LogP contribution in [-0.4, -0.2) is 41.1 Å². The SMILES string of the molecule is Cl.Cl.c1ccc(-c2csc3ncnc(N4CCN(c5ccccn5)CC4)c23)cc1. The maximum Gasteiger partial charge on any atom is 0.141 e. The van der Waals surface area contributed by atoms with Crippen molar-refractivity contribution in [1.29, 1.82) is 0 Å². The maximum absolute atomic E-state index is 4.67. The Kier molecular flexibility index (Phi) is 6.90. The van der Waals surface area contributed by atoms with Gasteiger partial charge in [-0.15, -0.1) is 36.2 Å². The molecule has 1 saturated heterocycles. The summed E-state index contributed by atoms with van der Waals surface area (Å²) < 4.78 is 0. The average molecular weight is 446 g/mol. The number of hydrogen-bond donors (Lipinski definition) is 0. The fourth-order valence-corrected chi connectivity index (χ4v) is 4.53. The Bertz CT molecular complexity index is 1050. The van der Waals surface area contributed by atoms with Crippen LogP contribution in [0.5, 0.6) is 0 Å². The van der Waals surface area contributed by atoms with E-state index in [1.807, 2.05) is 24.4 Å². The van der Waals surface area contributed by atoms with Crippen LogP contribution in [0.3, 0.4) is 0 Å². The molecule has 1 aromatic carbocycles. The lowest BCUT2D eigenvalue weighted by Crippen LogP contribution is -2.47. The summed E-state index contributed by atoms with van der Waals surface area (Å²) in [6.07, 6.45) is 3.54. The van der Waals surface area contributed by atoms with Crippen molar-refractivity contribution in [3.8, 4) is 11.1 Å². The molecule has 0 saturated carbocycles. The van der Waals surface area contributed by atoms with Gasteiger partial charge in [-0.3, -0.25) is 0 Å². The molecule has 150 valence electrons. The van der Waals surface area contributed by atoms with Gasteiger partial charge in [-0.25, -0.2) is 15.0 Å². The van der Waals surface area contributed by atoms with Gasteiger partial charge in [0.2, 0.25) is 0 Å². The summed E-state index contributed by atoms with van der Waals surface area (Å²) in [5.41, 5.74) is 2.44. The van der Waals surface area contributed by atoms with E-state index in [1.165, 1.54) is 16.5 Å². The number of aromatic nitrogens is 3. The molecular weight excluding hydrogens is 425 g/mol. The van der Waals surface area contributed by atoms with Gasteiger partial charge in [0, 0.05) is 43.3 Å². The topological polar surface area (TPSA) is 45.2 Å². The number of benzene rings is 1. The Morgan fingerprint density at radius 3 is 2.21 bits per heavy atom. The molecule has 5 nitrogen and oxygen atoms in total. The van der Waals surface area contributed by atoms with Crippen molar-refractivity contribution >= 4 is 58.0 Å². The van der Waals surface area contributed by atoms with Gasteiger partial charge in [-0.2, -0.15) is 0 Å². The summed E-state index contributed by atoms with van der Waals surface area (Å²) in [4.78, 5) is 19.4. The third-order valence-corrected chi connectivity index (χ3v) is 5.87. The van der Waals surface area contributed by atoms with Crippen molar-refractivity contribution in [2.24, 2.45) is 0 Å². The molecule has 29 heavy (non-hydrogen) atoms. The minimum Gasteiger partial charge on any atom is -0.353 e. The molecule has 1 aliphatic rings.